The highest BCUT2D eigenvalue weighted by Crippen LogP contribution is 2.28. The van der Waals surface area contributed by atoms with E-state index in [9.17, 15) is 4.79 Å². The summed E-state index contributed by atoms with van der Waals surface area (Å²) < 4.78 is 0. The van der Waals surface area contributed by atoms with Gasteiger partial charge in [-0.25, -0.2) is 9.97 Å². The molecule has 1 amide bonds. The predicted molar refractivity (Wildman–Crippen MR) is 159 cm³/mol. The Hall–Kier alpha value is -2.40. The molecule has 1 aromatic heterocycles. The molecule has 1 heterocycles. The Balaban J connectivity index is 1.26. The van der Waals surface area contributed by atoms with E-state index in [1.807, 2.05) is 36.4 Å². The number of nitrogens with one attached hydrogen (secondary N) is 1. The zero-order valence-corrected chi connectivity index (χ0v) is 23.5. The van der Waals surface area contributed by atoms with Crippen molar-refractivity contribution in [1.29, 1.82) is 0 Å². The summed E-state index contributed by atoms with van der Waals surface area (Å²) in [5.41, 5.74) is 2.88. The van der Waals surface area contributed by atoms with Gasteiger partial charge in [0.05, 0.1) is 17.0 Å². The number of unbranched alkanes of at least 4 members (excludes halogenated alkanes) is 13. The molecule has 0 unspecified atom stereocenters. The molecule has 0 aliphatic heterocycles. The van der Waals surface area contributed by atoms with Crippen LogP contribution in [0.1, 0.15) is 96.8 Å². The van der Waals surface area contributed by atoms with E-state index in [0.717, 1.165) is 35.1 Å². The number of rotatable bonds is 19. The van der Waals surface area contributed by atoms with Gasteiger partial charge in [-0.1, -0.05) is 151 Å². The summed E-state index contributed by atoms with van der Waals surface area (Å²) in [6.07, 6.45) is 18.8. The SMILES string of the molecule is CCCCCCCCCCCCCCCCNC(=O)CSc1nc(-c2ccccc2)c2ccccc2n1. The van der Waals surface area contributed by atoms with E-state index in [1.165, 1.54) is 95.2 Å². The standard InChI is InChI=1S/C32H45N3OS/c1-2-3-4-5-6-7-8-9-10-11-12-13-14-20-25-33-30(36)26-37-32-34-29-24-19-18-23-28(29)31(35-32)27-21-16-15-17-22-27/h15-19,21-24H,2-14,20,25-26H2,1H3,(H,33,36). The molecule has 0 radical (unpaired) electrons. The minimum Gasteiger partial charge on any atom is -0.355 e. The molecule has 2 aromatic carbocycles. The second-order valence-electron chi connectivity index (χ2n) is 9.97. The summed E-state index contributed by atoms with van der Waals surface area (Å²) in [6, 6.07) is 18.2. The number of carbonyl (C=O) groups excluding carboxylic acids is 1. The van der Waals surface area contributed by atoms with Gasteiger partial charge < -0.3 is 5.32 Å². The average molecular weight is 520 g/mol. The Morgan fingerprint density at radius 3 is 1.92 bits per heavy atom. The molecule has 3 rings (SSSR count). The third-order valence-corrected chi connectivity index (χ3v) is 7.66. The van der Waals surface area contributed by atoms with Crippen LogP contribution in [0, 0.1) is 0 Å². The minimum atomic E-state index is 0.0534. The van der Waals surface area contributed by atoms with Crippen LogP contribution in [0.3, 0.4) is 0 Å². The van der Waals surface area contributed by atoms with Crippen molar-refractivity contribution in [3.8, 4) is 11.3 Å². The van der Waals surface area contributed by atoms with Gasteiger partial charge >= 0.3 is 0 Å². The lowest BCUT2D eigenvalue weighted by molar-refractivity contribution is -0.118. The third kappa shape index (κ3) is 11.3. The van der Waals surface area contributed by atoms with Crippen molar-refractivity contribution in [2.24, 2.45) is 0 Å². The summed E-state index contributed by atoms with van der Waals surface area (Å²) in [5.74, 6) is 0.392. The fraction of sp³-hybridized carbons (Fsp3) is 0.531. The quantitative estimate of drug-likeness (QED) is 0.0975. The molecule has 1 N–H and O–H groups in total. The van der Waals surface area contributed by atoms with E-state index in [-0.39, 0.29) is 5.91 Å². The number of aromatic nitrogens is 2. The Kier molecular flexibility index (Phi) is 14.1. The fourth-order valence-electron chi connectivity index (χ4n) is 4.66. The fourth-order valence-corrected chi connectivity index (χ4v) is 5.35. The van der Waals surface area contributed by atoms with Crippen LogP contribution in [-0.4, -0.2) is 28.2 Å². The van der Waals surface area contributed by atoms with Crippen molar-refractivity contribution in [3.05, 3.63) is 54.6 Å². The molecule has 0 fully saturated rings. The largest absolute Gasteiger partial charge is 0.355 e. The van der Waals surface area contributed by atoms with Gasteiger partial charge in [0.1, 0.15) is 0 Å². The maximum atomic E-state index is 12.4. The van der Waals surface area contributed by atoms with Crippen LogP contribution in [0.25, 0.3) is 22.2 Å². The zero-order chi connectivity index (χ0) is 26.0. The van der Waals surface area contributed by atoms with Crippen LogP contribution >= 0.6 is 11.8 Å². The van der Waals surface area contributed by atoms with Crippen LogP contribution in [-0.2, 0) is 4.79 Å². The Labute approximate surface area is 228 Å². The van der Waals surface area contributed by atoms with Gasteiger partial charge in [0, 0.05) is 17.5 Å². The van der Waals surface area contributed by atoms with E-state index in [2.05, 4.69) is 35.4 Å². The number of benzene rings is 2. The zero-order valence-electron chi connectivity index (χ0n) is 22.7. The van der Waals surface area contributed by atoms with Crippen LogP contribution in [0.5, 0.6) is 0 Å². The molecule has 4 nitrogen and oxygen atoms in total. The van der Waals surface area contributed by atoms with E-state index in [4.69, 9.17) is 4.98 Å². The predicted octanol–water partition coefficient (Wildman–Crippen LogP) is 8.99. The summed E-state index contributed by atoms with van der Waals surface area (Å²) in [4.78, 5) is 21.9. The number of hydrogen-bond donors (Lipinski definition) is 1. The lowest BCUT2D eigenvalue weighted by Gasteiger charge is -2.09. The Morgan fingerprint density at radius 2 is 1.27 bits per heavy atom. The normalized spacial score (nSPS) is 11.2. The number of fused-ring (bicyclic) bond motifs is 1. The van der Waals surface area contributed by atoms with Crippen molar-refractivity contribution in [2.75, 3.05) is 12.3 Å². The Morgan fingerprint density at radius 1 is 0.703 bits per heavy atom. The molecular formula is C32H45N3OS. The van der Waals surface area contributed by atoms with Gasteiger partial charge in [-0.15, -0.1) is 0 Å². The summed E-state index contributed by atoms with van der Waals surface area (Å²) in [6.45, 7) is 3.03. The maximum Gasteiger partial charge on any atom is 0.230 e. The minimum absolute atomic E-state index is 0.0534. The molecule has 3 aromatic rings. The molecule has 0 saturated heterocycles. The highest BCUT2D eigenvalue weighted by Gasteiger charge is 2.11. The van der Waals surface area contributed by atoms with E-state index < -0.39 is 0 Å². The number of hydrogen-bond acceptors (Lipinski definition) is 4. The Bertz CT molecular complexity index is 1040. The van der Waals surface area contributed by atoms with Gasteiger partial charge in [-0.2, -0.15) is 0 Å². The molecule has 5 heteroatoms. The number of thioether (sulfide) groups is 1. The summed E-state index contributed by atoms with van der Waals surface area (Å²) >= 11 is 1.41. The molecule has 200 valence electrons. The first kappa shape index (κ1) is 29.2. The van der Waals surface area contributed by atoms with Crippen molar-refractivity contribution >= 4 is 28.6 Å². The van der Waals surface area contributed by atoms with Crippen molar-refractivity contribution in [3.63, 3.8) is 0 Å². The molecule has 0 aliphatic rings. The van der Waals surface area contributed by atoms with Crippen molar-refractivity contribution in [1.82, 2.24) is 15.3 Å². The molecule has 0 bridgehead atoms. The van der Waals surface area contributed by atoms with E-state index >= 15 is 0 Å². The van der Waals surface area contributed by atoms with E-state index in [0.29, 0.717) is 10.9 Å². The number of amides is 1. The number of nitrogens with zero attached hydrogens (tertiary/aromatic N) is 2. The lowest BCUT2D eigenvalue weighted by Crippen LogP contribution is -2.26. The van der Waals surface area contributed by atoms with Crippen LogP contribution in [0.15, 0.2) is 59.8 Å². The van der Waals surface area contributed by atoms with Crippen LogP contribution < -0.4 is 5.32 Å². The highest BCUT2D eigenvalue weighted by molar-refractivity contribution is 7.99. The lowest BCUT2D eigenvalue weighted by atomic mass is 10.0. The van der Waals surface area contributed by atoms with Crippen LogP contribution in [0.4, 0.5) is 0 Å². The van der Waals surface area contributed by atoms with Gasteiger partial charge in [-0.3, -0.25) is 4.79 Å². The van der Waals surface area contributed by atoms with Gasteiger partial charge in [-0.05, 0) is 12.5 Å². The van der Waals surface area contributed by atoms with Crippen molar-refractivity contribution in [2.45, 2.75) is 102 Å². The molecule has 37 heavy (non-hydrogen) atoms. The smallest absolute Gasteiger partial charge is 0.230 e. The second-order valence-corrected chi connectivity index (χ2v) is 10.9. The topological polar surface area (TPSA) is 54.9 Å². The van der Waals surface area contributed by atoms with Gasteiger partial charge in [0.2, 0.25) is 5.91 Å². The number of para-hydroxylation sites is 1. The average Bonchev–Trinajstić information content (AvgIpc) is 2.94. The van der Waals surface area contributed by atoms with Gasteiger partial charge in [0.25, 0.3) is 0 Å². The number of carbonyl (C=O) groups is 1. The van der Waals surface area contributed by atoms with Crippen LogP contribution in [0.2, 0.25) is 0 Å². The summed E-state index contributed by atoms with van der Waals surface area (Å²) in [5, 5.41) is 4.74. The summed E-state index contributed by atoms with van der Waals surface area (Å²) in [7, 11) is 0. The van der Waals surface area contributed by atoms with E-state index in [1.54, 1.807) is 0 Å². The molecule has 0 spiro atoms. The first-order valence-corrected chi connectivity index (χ1v) is 15.5. The molecule has 0 aliphatic carbocycles. The molecule has 0 saturated carbocycles. The first-order valence-electron chi connectivity index (χ1n) is 14.5. The molecular weight excluding hydrogens is 474 g/mol. The molecule has 0 atom stereocenters. The third-order valence-electron chi connectivity index (χ3n) is 6.81. The van der Waals surface area contributed by atoms with Crippen molar-refractivity contribution < 1.29 is 4.79 Å². The highest BCUT2D eigenvalue weighted by atomic mass is 32.2. The monoisotopic (exact) mass is 519 g/mol. The van der Waals surface area contributed by atoms with Gasteiger partial charge in [0.15, 0.2) is 5.16 Å². The maximum absolute atomic E-state index is 12.4. The first-order chi connectivity index (χ1) is 18.3. The second kappa shape index (κ2) is 18.0.